The topological polar surface area (TPSA) is 73.9 Å². The maximum absolute atomic E-state index is 10.1. The van der Waals surface area contributed by atoms with Gasteiger partial charge in [-0.1, -0.05) is 28.1 Å². The second-order valence-corrected chi connectivity index (χ2v) is 8.65. The molecule has 0 amide bonds. The number of nitrogens with two attached hydrogens (primary N) is 1. The molecule has 1 spiro atoms. The number of halogens is 1. The van der Waals surface area contributed by atoms with Crippen molar-refractivity contribution in [1.29, 1.82) is 0 Å². The van der Waals surface area contributed by atoms with E-state index in [0.29, 0.717) is 25.3 Å². The SMILES string of the molecule is COc1cc(Br)c2c3c1OC1CC(O)C=CC31CC[N+](C)(OC(N)=S)C2. The van der Waals surface area contributed by atoms with Crippen LogP contribution in [-0.2, 0) is 16.8 Å². The minimum Gasteiger partial charge on any atom is -0.493 e. The molecule has 3 aliphatic rings. The highest BCUT2D eigenvalue weighted by molar-refractivity contribution is 9.10. The third-order valence-corrected chi connectivity index (χ3v) is 6.47. The van der Waals surface area contributed by atoms with Crippen molar-refractivity contribution in [2.75, 3.05) is 20.7 Å². The Hall–Kier alpha value is -1.35. The zero-order chi connectivity index (χ0) is 18.7. The Kier molecular flexibility index (Phi) is 4.22. The smallest absolute Gasteiger partial charge is 0.319 e. The number of aliphatic hydroxyl groups excluding tert-OH is 1. The number of benzene rings is 1. The number of nitrogens with zero attached hydrogens (tertiary/aromatic N) is 1. The molecule has 26 heavy (non-hydrogen) atoms. The van der Waals surface area contributed by atoms with Crippen molar-refractivity contribution in [3.05, 3.63) is 33.8 Å². The molecule has 2 aliphatic heterocycles. The second kappa shape index (κ2) is 6.09. The molecule has 4 atom stereocenters. The molecule has 2 heterocycles. The minimum atomic E-state index is -0.505. The zero-order valence-corrected chi connectivity index (χ0v) is 17.1. The Morgan fingerprint density at radius 1 is 1.54 bits per heavy atom. The zero-order valence-electron chi connectivity index (χ0n) is 14.7. The van der Waals surface area contributed by atoms with E-state index in [-0.39, 0.29) is 21.3 Å². The summed E-state index contributed by atoms with van der Waals surface area (Å²) < 4.78 is 13.1. The van der Waals surface area contributed by atoms with Crippen LogP contribution in [0.15, 0.2) is 22.7 Å². The molecule has 6 nitrogen and oxygen atoms in total. The Balaban J connectivity index is 1.93. The fourth-order valence-electron chi connectivity index (χ4n) is 4.50. The van der Waals surface area contributed by atoms with Crippen LogP contribution in [0.25, 0.3) is 0 Å². The van der Waals surface area contributed by atoms with Gasteiger partial charge in [-0.3, -0.25) is 4.84 Å². The largest absolute Gasteiger partial charge is 0.493 e. The number of quaternary nitrogens is 1. The van der Waals surface area contributed by atoms with Gasteiger partial charge in [-0.25, -0.2) is 0 Å². The molecule has 140 valence electrons. The van der Waals surface area contributed by atoms with Gasteiger partial charge in [0.1, 0.15) is 26.2 Å². The summed E-state index contributed by atoms with van der Waals surface area (Å²) >= 11 is 8.70. The fraction of sp³-hybridized carbons (Fsp3) is 0.500. The summed E-state index contributed by atoms with van der Waals surface area (Å²) in [5, 5.41) is 10.2. The third kappa shape index (κ3) is 2.62. The number of hydrogen-bond acceptors (Lipinski definition) is 5. The van der Waals surface area contributed by atoms with Crippen LogP contribution in [0.3, 0.4) is 0 Å². The van der Waals surface area contributed by atoms with E-state index in [1.54, 1.807) is 7.11 Å². The maximum atomic E-state index is 10.1. The number of rotatable bonds is 2. The first-order valence-corrected chi connectivity index (χ1v) is 9.75. The van der Waals surface area contributed by atoms with Crippen LogP contribution in [0.1, 0.15) is 24.0 Å². The van der Waals surface area contributed by atoms with Crippen molar-refractivity contribution >= 4 is 33.3 Å². The lowest BCUT2D eigenvalue weighted by Gasteiger charge is -2.36. The lowest BCUT2D eigenvalue weighted by atomic mass is 9.69. The first kappa shape index (κ1) is 18.0. The van der Waals surface area contributed by atoms with Crippen molar-refractivity contribution in [2.24, 2.45) is 5.73 Å². The van der Waals surface area contributed by atoms with Gasteiger partial charge >= 0.3 is 5.17 Å². The number of hydrogen-bond donors (Lipinski definition) is 2. The number of ether oxygens (including phenoxy) is 2. The first-order chi connectivity index (χ1) is 12.3. The van der Waals surface area contributed by atoms with E-state index in [9.17, 15) is 5.11 Å². The van der Waals surface area contributed by atoms with Crippen molar-refractivity contribution in [3.8, 4) is 11.5 Å². The molecule has 1 aromatic carbocycles. The molecule has 4 rings (SSSR count). The van der Waals surface area contributed by atoms with Crippen molar-refractivity contribution in [3.63, 3.8) is 0 Å². The molecule has 0 saturated heterocycles. The van der Waals surface area contributed by atoms with Crippen LogP contribution in [0.4, 0.5) is 0 Å². The summed E-state index contributed by atoms with van der Waals surface area (Å²) in [6.07, 6.45) is 4.66. The van der Waals surface area contributed by atoms with E-state index in [4.69, 9.17) is 32.3 Å². The summed E-state index contributed by atoms with van der Waals surface area (Å²) in [5.74, 6) is 1.46. The van der Waals surface area contributed by atoms with Gasteiger partial charge in [0.25, 0.3) is 0 Å². The molecular weight excluding hydrogens is 420 g/mol. The summed E-state index contributed by atoms with van der Waals surface area (Å²) in [6.45, 7) is 1.30. The standard InChI is InChI=1S/C18H21BrN2O4S/c1-21(25-17(20)26)6-5-18-4-3-10(22)7-14(18)24-16-13(23-2)8-12(19)11(9-21)15(16)18/h3-4,8,10,14,22H,5-7,9H2,1-2H3,(H-,20,26)/p+1. The molecule has 8 heteroatoms. The van der Waals surface area contributed by atoms with Crippen molar-refractivity contribution in [1.82, 2.24) is 0 Å². The number of thiocarbonyl (C=S) groups is 1. The van der Waals surface area contributed by atoms with Gasteiger partial charge in [-0.2, -0.15) is 0 Å². The molecule has 1 aromatic rings. The lowest BCUT2D eigenvalue weighted by molar-refractivity contribution is -1.08. The highest BCUT2D eigenvalue weighted by atomic mass is 79.9. The van der Waals surface area contributed by atoms with Gasteiger partial charge in [-0.15, -0.1) is 4.65 Å². The molecule has 0 aromatic heterocycles. The van der Waals surface area contributed by atoms with Gasteiger partial charge in [0, 0.05) is 28.4 Å². The van der Waals surface area contributed by atoms with E-state index in [1.807, 2.05) is 19.2 Å². The number of hydroxylamine groups is 3. The van der Waals surface area contributed by atoms with E-state index in [1.165, 1.54) is 0 Å². The number of methoxy groups -OCH3 is 1. The van der Waals surface area contributed by atoms with Crippen LogP contribution in [0.5, 0.6) is 11.5 Å². The van der Waals surface area contributed by atoms with Crippen LogP contribution in [-0.4, -0.2) is 47.8 Å². The summed E-state index contributed by atoms with van der Waals surface area (Å²) in [6, 6.07) is 1.93. The molecule has 0 saturated carbocycles. The van der Waals surface area contributed by atoms with Crippen LogP contribution >= 0.6 is 28.1 Å². The molecule has 1 aliphatic carbocycles. The average Bonchev–Trinajstić information content (AvgIpc) is 2.82. The Labute approximate surface area is 166 Å². The average molecular weight is 442 g/mol. The molecule has 0 bridgehead atoms. The normalized spacial score (nSPS) is 34.3. The summed E-state index contributed by atoms with van der Waals surface area (Å²) in [5.41, 5.74) is 7.57. The van der Waals surface area contributed by atoms with E-state index in [2.05, 4.69) is 22.0 Å². The van der Waals surface area contributed by atoms with Crippen LogP contribution < -0.4 is 15.2 Å². The highest BCUT2D eigenvalue weighted by Crippen LogP contribution is 2.57. The maximum Gasteiger partial charge on any atom is 0.319 e. The monoisotopic (exact) mass is 441 g/mol. The fourth-order valence-corrected chi connectivity index (χ4v) is 5.21. The van der Waals surface area contributed by atoms with E-state index >= 15 is 0 Å². The Bertz CT molecular complexity index is 817. The van der Waals surface area contributed by atoms with Gasteiger partial charge in [-0.05, 0) is 18.3 Å². The van der Waals surface area contributed by atoms with Crippen LogP contribution in [0.2, 0.25) is 0 Å². The highest BCUT2D eigenvalue weighted by Gasteiger charge is 2.56. The molecular formula is C18H22BrN2O4S+. The van der Waals surface area contributed by atoms with E-state index in [0.717, 1.165) is 27.8 Å². The molecule has 3 N–H and O–H groups in total. The summed E-state index contributed by atoms with van der Waals surface area (Å²) in [7, 11) is 3.62. The summed E-state index contributed by atoms with van der Waals surface area (Å²) in [4.78, 5) is 5.82. The quantitative estimate of drug-likeness (QED) is 0.416. The van der Waals surface area contributed by atoms with Crippen LogP contribution in [0, 0.1) is 0 Å². The Morgan fingerprint density at radius 3 is 3.00 bits per heavy atom. The van der Waals surface area contributed by atoms with Gasteiger partial charge in [0.15, 0.2) is 11.5 Å². The molecule has 4 unspecified atom stereocenters. The van der Waals surface area contributed by atoms with Crippen molar-refractivity contribution < 1.29 is 24.1 Å². The molecule has 0 radical (unpaired) electrons. The number of aliphatic hydroxyl groups is 1. The van der Waals surface area contributed by atoms with E-state index < -0.39 is 6.10 Å². The van der Waals surface area contributed by atoms with Gasteiger partial charge in [0.2, 0.25) is 0 Å². The second-order valence-electron chi connectivity index (χ2n) is 7.39. The van der Waals surface area contributed by atoms with Gasteiger partial charge < -0.3 is 20.3 Å². The molecule has 0 fully saturated rings. The third-order valence-electron chi connectivity index (χ3n) is 5.69. The lowest BCUT2D eigenvalue weighted by Crippen LogP contribution is -2.48. The predicted molar refractivity (Wildman–Crippen MR) is 104 cm³/mol. The Morgan fingerprint density at radius 2 is 2.31 bits per heavy atom. The van der Waals surface area contributed by atoms with Crippen molar-refractivity contribution in [2.45, 2.75) is 37.0 Å². The van der Waals surface area contributed by atoms with Gasteiger partial charge in [0.05, 0.1) is 18.6 Å². The minimum absolute atomic E-state index is 0.0364. The first-order valence-electron chi connectivity index (χ1n) is 8.55. The predicted octanol–water partition coefficient (Wildman–Crippen LogP) is 2.30.